The van der Waals surface area contributed by atoms with E-state index in [4.69, 9.17) is 9.26 Å². The minimum atomic E-state index is -2.88. The second-order valence-electron chi connectivity index (χ2n) is 12.0. The maximum atomic E-state index is 14.2. The summed E-state index contributed by atoms with van der Waals surface area (Å²) in [6.45, 7) is 8.59. The van der Waals surface area contributed by atoms with Gasteiger partial charge in [0.25, 0.3) is 12.3 Å². The van der Waals surface area contributed by atoms with Crippen LogP contribution in [0.1, 0.15) is 68.5 Å². The largest absolute Gasteiger partial charge is 0.474 e. The summed E-state index contributed by atoms with van der Waals surface area (Å²) in [6.07, 6.45) is 0.626. The molecule has 3 aromatic rings. The first-order valence-corrected chi connectivity index (χ1v) is 16.3. The molecule has 11 nitrogen and oxygen atoms in total. The van der Waals surface area contributed by atoms with Crippen molar-refractivity contribution >= 4 is 23.2 Å². The molecule has 2 saturated heterocycles. The standard InChI is InChI=1S/C31H40F2N6O5S/c1-18(2)26(24-15-25(37-44-24)43-14-13-38-11-8-21(40)9-12-38)31(42)39-10-4-5-23(39)30(41)36-27(29(32)33)20-6-7-22(34-16-20)28-19(3)35-17-45-28/h6-7,15-18,21,23,26-27,29,40H,4-5,8-14H2,1-3H3,(H,36,41)/t23-,26+,27+/m0/s1. The van der Waals surface area contributed by atoms with Crippen molar-refractivity contribution in [3.63, 3.8) is 0 Å². The minimum absolute atomic E-state index is 0.173. The number of aryl methyl sites for hydroxylation is 1. The number of nitrogens with zero attached hydrogens (tertiary/aromatic N) is 5. The first-order valence-electron chi connectivity index (χ1n) is 15.4. The van der Waals surface area contributed by atoms with Crippen molar-refractivity contribution in [3.05, 3.63) is 46.9 Å². The van der Waals surface area contributed by atoms with E-state index >= 15 is 0 Å². The summed E-state index contributed by atoms with van der Waals surface area (Å²) in [5, 5.41) is 16.2. The number of nitrogens with one attached hydrogen (secondary N) is 1. The predicted molar refractivity (Wildman–Crippen MR) is 163 cm³/mol. The van der Waals surface area contributed by atoms with Crippen molar-refractivity contribution in [2.45, 2.75) is 77.0 Å². The molecule has 3 aromatic heterocycles. The van der Waals surface area contributed by atoms with Gasteiger partial charge >= 0.3 is 0 Å². The lowest BCUT2D eigenvalue weighted by Gasteiger charge is -2.30. The fourth-order valence-electron chi connectivity index (χ4n) is 5.94. The summed E-state index contributed by atoms with van der Waals surface area (Å²) in [7, 11) is 0. The number of rotatable bonds is 12. The fourth-order valence-corrected chi connectivity index (χ4v) is 6.72. The molecule has 0 spiro atoms. The maximum absolute atomic E-state index is 14.2. The Morgan fingerprint density at radius 2 is 1.96 bits per heavy atom. The summed E-state index contributed by atoms with van der Waals surface area (Å²) < 4.78 is 39.8. The van der Waals surface area contributed by atoms with E-state index < -0.39 is 30.3 Å². The van der Waals surface area contributed by atoms with E-state index in [1.54, 1.807) is 17.6 Å². The lowest BCUT2D eigenvalue weighted by Crippen LogP contribution is -2.49. The quantitative estimate of drug-likeness (QED) is 0.297. The molecule has 0 saturated carbocycles. The second kappa shape index (κ2) is 14.7. The maximum Gasteiger partial charge on any atom is 0.262 e. The molecule has 244 valence electrons. The molecule has 2 amide bonds. The van der Waals surface area contributed by atoms with E-state index in [9.17, 15) is 23.5 Å². The van der Waals surface area contributed by atoms with Crippen molar-refractivity contribution in [2.75, 3.05) is 32.8 Å². The van der Waals surface area contributed by atoms with Crippen LogP contribution in [-0.2, 0) is 9.59 Å². The van der Waals surface area contributed by atoms with Gasteiger partial charge in [-0.25, -0.2) is 13.8 Å². The van der Waals surface area contributed by atoms with Gasteiger partial charge in [0.15, 0.2) is 5.76 Å². The van der Waals surface area contributed by atoms with Gasteiger partial charge < -0.3 is 24.6 Å². The first kappa shape index (κ1) is 32.9. The Hall–Kier alpha value is -3.49. The number of piperidine rings is 1. The van der Waals surface area contributed by atoms with Gasteiger partial charge in [0.05, 0.1) is 27.9 Å². The number of likely N-dealkylation sites (tertiary alicyclic amines) is 2. The number of aliphatic hydroxyl groups is 1. The van der Waals surface area contributed by atoms with Crippen molar-refractivity contribution in [1.82, 2.24) is 30.2 Å². The molecule has 5 rings (SSSR count). The van der Waals surface area contributed by atoms with E-state index in [2.05, 4.69) is 25.3 Å². The zero-order valence-electron chi connectivity index (χ0n) is 25.7. The average Bonchev–Trinajstić information content (AvgIpc) is 3.78. The van der Waals surface area contributed by atoms with Crippen LogP contribution in [0.15, 0.2) is 34.4 Å². The number of pyridine rings is 1. The van der Waals surface area contributed by atoms with Crippen molar-refractivity contribution in [2.24, 2.45) is 5.92 Å². The highest BCUT2D eigenvalue weighted by Gasteiger charge is 2.41. The van der Waals surface area contributed by atoms with Gasteiger partial charge in [0, 0.05) is 38.4 Å². The molecule has 2 aliphatic rings. The predicted octanol–water partition coefficient (Wildman–Crippen LogP) is 4.19. The number of thiazole rings is 1. The zero-order chi connectivity index (χ0) is 32.1. The number of ether oxygens (including phenoxy) is 1. The third kappa shape index (κ3) is 7.85. The number of halogens is 2. The lowest BCUT2D eigenvalue weighted by atomic mass is 9.91. The number of carbonyl (C=O) groups excluding carboxylic acids is 2. The number of alkyl halides is 2. The molecule has 2 N–H and O–H groups in total. The van der Waals surface area contributed by atoms with Crippen LogP contribution in [0.4, 0.5) is 8.78 Å². The van der Waals surface area contributed by atoms with Gasteiger partial charge in [-0.2, -0.15) is 0 Å². The van der Waals surface area contributed by atoms with Crippen LogP contribution >= 0.6 is 11.3 Å². The second-order valence-corrected chi connectivity index (χ2v) is 12.8. The third-order valence-electron chi connectivity index (χ3n) is 8.47. The van der Waals surface area contributed by atoms with Crippen LogP contribution in [0, 0.1) is 12.8 Å². The summed E-state index contributed by atoms with van der Waals surface area (Å²) in [5.41, 5.74) is 3.29. The highest BCUT2D eigenvalue weighted by molar-refractivity contribution is 7.13. The molecule has 0 aliphatic carbocycles. The Morgan fingerprint density at radius 3 is 2.60 bits per heavy atom. The number of aromatic nitrogens is 3. The van der Waals surface area contributed by atoms with Crippen LogP contribution in [0.3, 0.4) is 0 Å². The summed E-state index contributed by atoms with van der Waals surface area (Å²) in [6, 6.07) is 2.30. The van der Waals surface area contributed by atoms with E-state index in [-0.39, 0.29) is 29.4 Å². The highest BCUT2D eigenvalue weighted by Crippen LogP contribution is 2.33. The minimum Gasteiger partial charge on any atom is -0.474 e. The molecular weight excluding hydrogens is 606 g/mol. The molecular formula is C31H40F2N6O5S. The van der Waals surface area contributed by atoms with Crippen LogP contribution in [0.5, 0.6) is 5.88 Å². The molecule has 0 bridgehead atoms. The van der Waals surface area contributed by atoms with E-state index in [0.717, 1.165) is 36.5 Å². The number of carbonyl (C=O) groups is 2. The normalized spacial score (nSPS) is 19.3. The molecule has 0 aromatic carbocycles. The van der Waals surface area contributed by atoms with Gasteiger partial charge in [-0.1, -0.05) is 19.9 Å². The zero-order valence-corrected chi connectivity index (χ0v) is 26.5. The lowest BCUT2D eigenvalue weighted by molar-refractivity contribution is -0.141. The first-order chi connectivity index (χ1) is 21.6. The van der Waals surface area contributed by atoms with Crippen LogP contribution in [0.25, 0.3) is 10.6 Å². The molecule has 3 atom stereocenters. The molecule has 0 unspecified atom stereocenters. The monoisotopic (exact) mass is 646 g/mol. The highest BCUT2D eigenvalue weighted by atomic mass is 32.1. The van der Waals surface area contributed by atoms with Crippen molar-refractivity contribution in [1.29, 1.82) is 0 Å². The smallest absolute Gasteiger partial charge is 0.262 e. The van der Waals surface area contributed by atoms with Gasteiger partial charge in [0.1, 0.15) is 24.6 Å². The molecule has 14 heteroatoms. The summed E-state index contributed by atoms with van der Waals surface area (Å²) >= 11 is 1.41. The Labute approximate surface area is 265 Å². The molecule has 45 heavy (non-hydrogen) atoms. The average molecular weight is 647 g/mol. The molecule has 0 radical (unpaired) electrons. The van der Waals surface area contributed by atoms with Gasteiger partial charge in [-0.05, 0) is 55.3 Å². The number of aliphatic hydroxyl groups excluding tert-OH is 1. The Morgan fingerprint density at radius 1 is 1.18 bits per heavy atom. The van der Waals surface area contributed by atoms with Gasteiger partial charge in [0.2, 0.25) is 11.8 Å². The van der Waals surface area contributed by atoms with E-state index in [0.29, 0.717) is 44.0 Å². The summed E-state index contributed by atoms with van der Waals surface area (Å²) in [5.74, 6) is -1.29. The van der Waals surface area contributed by atoms with E-state index in [1.165, 1.54) is 28.5 Å². The number of hydrogen-bond donors (Lipinski definition) is 2. The topological polar surface area (TPSA) is 134 Å². The summed E-state index contributed by atoms with van der Waals surface area (Å²) in [4.78, 5) is 40.3. The molecule has 2 fully saturated rings. The Kier molecular flexibility index (Phi) is 10.8. The van der Waals surface area contributed by atoms with Crippen molar-refractivity contribution < 1.29 is 32.7 Å². The van der Waals surface area contributed by atoms with Crippen molar-refractivity contribution in [3.8, 4) is 16.5 Å². The fraction of sp³-hybridized carbons (Fsp3) is 0.581. The Balaban J connectivity index is 1.22. The SMILES string of the molecule is Cc1ncsc1-c1ccc([C@@H](NC(=O)[C@@H]2CCCN2C(=O)[C@@H](c2cc(OCCN3CCC(O)CC3)no2)C(C)C)C(F)F)cn1. The van der Waals surface area contributed by atoms with Crippen LogP contribution < -0.4 is 10.1 Å². The van der Waals surface area contributed by atoms with Crippen LogP contribution in [-0.4, -0.2) is 93.2 Å². The van der Waals surface area contributed by atoms with Gasteiger partial charge in [-0.3, -0.25) is 19.5 Å². The molecule has 5 heterocycles. The number of hydrogen-bond acceptors (Lipinski definition) is 10. The van der Waals surface area contributed by atoms with Gasteiger partial charge in [-0.15, -0.1) is 11.3 Å². The number of amides is 2. The molecule has 2 aliphatic heterocycles. The van der Waals surface area contributed by atoms with E-state index in [1.807, 2.05) is 20.8 Å². The van der Waals surface area contributed by atoms with Crippen LogP contribution in [0.2, 0.25) is 0 Å². The third-order valence-corrected chi connectivity index (χ3v) is 9.42. The Bertz CT molecular complexity index is 1430.